The largest absolute Gasteiger partial charge is 0.329 e. The van der Waals surface area contributed by atoms with Crippen LogP contribution >= 0.6 is 0 Å². The first-order valence-electron chi connectivity index (χ1n) is 9.76. The molecule has 5 nitrogen and oxygen atoms in total. The van der Waals surface area contributed by atoms with Crippen molar-refractivity contribution in [1.29, 1.82) is 0 Å². The molecule has 0 saturated carbocycles. The molecule has 1 unspecified atom stereocenters. The number of fused-ring (bicyclic) bond motifs is 2. The SMILES string of the molecule is CCN(C(=O)c1ccc2ccccc2c1)C(C)c1nc2ccccc2c(=O)n1C. The van der Waals surface area contributed by atoms with Gasteiger partial charge >= 0.3 is 0 Å². The van der Waals surface area contributed by atoms with E-state index >= 15 is 0 Å². The molecular weight excluding hydrogens is 362 g/mol. The van der Waals surface area contributed by atoms with Gasteiger partial charge in [-0.2, -0.15) is 0 Å². The smallest absolute Gasteiger partial charge is 0.261 e. The van der Waals surface area contributed by atoms with E-state index in [9.17, 15) is 9.59 Å². The summed E-state index contributed by atoms with van der Waals surface area (Å²) in [4.78, 5) is 32.5. The molecule has 0 N–H and O–H groups in total. The number of amides is 1. The predicted octanol–water partition coefficient (Wildman–Crippen LogP) is 4.31. The van der Waals surface area contributed by atoms with Crippen LogP contribution in [0.4, 0.5) is 0 Å². The molecule has 1 amide bonds. The van der Waals surface area contributed by atoms with Gasteiger partial charge in [0.25, 0.3) is 11.5 Å². The number of carbonyl (C=O) groups is 1. The van der Waals surface area contributed by atoms with Crippen molar-refractivity contribution in [2.24, 2.45) is 7.05 Å². The van der Waals surface area contributed by atoms with Gasteiger partial charge in [-0.3, -0.25) is 14.2 Å². The Morgan fingerprint density at radius 3 is 2.48 bits per heavy atom. The Morgan fingerprint density at radius 1 is 1.03 bits per heavy atom. The number of rotatable bonds is 4. The molecule has 5 heteroatoms. The number of carbonyl (C=O) groups excluding carboxylic acids is 1. The Bertz CT molecular complexity index is 1280. The van der Waals surface area contributed by atoms with E-state index in [0.717, 1.165) is 10.8 Å². The molecule has 1 heterocycles. The molecule has 0 aliphatic heterocycles. The van der Waals surface area contributed by atoms with Crippen molar-refractivity contribution in [1.82, 2.24) is 14.5 Å². The standard InChI is InChI=1S/C24H23N3O2/c1-4-27(23(28)19-14-13-17-9-5-6-10-18(17)15-19)16(2)22-25-21-12-8-7-11-20(21)24(29)26(22)3/h5-16H,4H2,1-3H3. The lowest BCUT2D eigenvalue weighted by atomic mass is 10.1. The lowest BCUT2D eigenvalue weighted by Crippen LogP contribution is -2.37. The molecule has 0 fully saturated rings. The van der Waals surface area contributed by atoms with E-state index in [1.165, 1.54) is 0 Å². The van der Waals surface area contributed by atoms with Crippen molar-refractivity contribution >= 4 is 27.6 Å². The summed E-state index contributed by atoms with van der Waals surface area (Å²) in [5.41, 5.74) is 1.17. The van der Waals surface area contributed by atoms with Crippen LogP contribution < -0.4 is 5.56 Å². The normalized spacial score (nSPS) is 12.2. The zero-order chi connectivity index (χ0) is 20.5. The monoisotopic (exact) mass is 385 g/mol. The van der Waals surface area contributed by atoms with Crippen molar-refractivity contribution in [3.63, 3.8) is 0 Å². The van der Waals surface area contributed by atoms with Crippen LogP contribution in [0.5, 0.6) is 0 Å². The molecule has 4 aromatic rings. The summed E-state index contributed by atoms with van der Waals surface area (Å²) in [5, 5.41) is 2.70. The molecule has 29 heavy (non-hydrogen) atoms. The summed E-state index contributed by atoms with van der Waals surface area (Å²) in [6.45, 7) is 4.36. The minimum absolute atomic E-state index is 0.0758. The van der Waals surface area contributed by atoms with Crippen molar-refractivity contribution in [2.45, 2.75) is 19.9 Å². The van der Waals surface area contributed by atoms with Crippen molar-refractivity contribution in [3.8, 4) is 0 Å². The highest BCUT2D eigenvalue weighted by molar-refractivity contribution is 5.98. The van der Waals surface area contributed by atoms with Gasteiger partial charge in [0.2, 0.25) is 0 Å². The number of aromatic nitrogens is 2. The van der Waals surface area contributed by atoms with Gasteiger partial charge in [0.1, 0.15) is 5.82 Å². The fourth-order valence-electron chi connectivity index (χ4n) is 3.83. The number of para-hydroxylation sites is 1. The molecule has 0 aliphatic carbocycles. The van der Waals surface area contributed by atoms with Crippen LogP contribution in [0.3, 0.4) is 0 Å². The van der Waals surface area contributed by atoms with E-state index < -0.39 is 0 Å². The molecule has 0 aliphatic rings. The van der Waals surface area contributed by atoms with Crippen LogP contribution in [0.25, 0.3) is 21.7 Å². The third-order valence-corrected chi connectivity index (χ3v) is 5.46. The highest BCUT2D eigenvalue weighted by Crippen LogP contribution is 2.23. The molecule has 146 valence electrons. The molecule has 3 aromatic carbocycles. The minimum atomic E-state index is -0.346. The first-order chi connectivity index (χ1) is 14.0. The summed E-state index contributed by atoms with van der Waals surface area (Å²) in [5.74, 6) is 0.498. The fourth-order valence-corrected chi connectivity index (χ4v) is 3.83. The van der Waals surface area contributed by atoms with E-state index in [2.05, 4.69) is 0 Å². The van der Waals surface area contributed by atoms with Gasteiger partial charge in [0, 0.05) is 19.2 Å². The molecule has 0 bridgehead atoms. The van der Waals surface area contributed by atoms with Crippen LogP contribution in [0.15, 0.2) is 71.5 Å². The van der Waals surface area contributed by atoms with Crippen LogP contribution in [0.1, 0.15) is 36.1 Å². The highest BCUT2D eigenvalue weighted by atomic mass is 16.2. The van der Waals surface area contributed by atoms with E-state index in [1.807, 2.05) is 74.5 Å². The van der Waals surface area contributed by atoms with E-state index in [4.69, 9.17) is 4.98 Å². The van der Waals surface area contributed by atoms with Crippen LogP contribution in [-0.2, 0) is 7.05 Å². The Morgan fingerprint density at radius 2 is 1.72 bits per heavy atom. The van der Waals surface area contributed by atoms with Gasteiger partial charge in [-0.1, -0.05) is 42.5 Å². The van der Waals surface area contributed by atoms with Crippen molar-refractivity contribution < 1.29 is 4.79 Å². The van der Waals surface area contributed by atoms with E-state index in [0.29, 0.717) is 28.8 Å². The second kappa shape index (κ2) is 7.51. The summed E-state index contributed by atoms with van der Waals surface area (Å²) >= 11 is 0. The van der Waals surface area contributed by atoms with Crippen LogP contribution in [-0.4, -0.2) is 26.9 Å². The van der Waals surface area contributed by atoms with Gasteiger partial charge in [0.05, 0.1) is 16.9 Å². The molecule has 4 rings (SSSR count). The Hall–Kier alpha value is -3.47. The fraction of sp³-hybridized carbons (Fsp3) is 0.208. The molecule has 1 aromatic heterocycles. The van der Waals surface area contributed by atoms with Crippen LogP contribution in [0.2, 0.25) is 0 Å². The number of benzene rings is 3. The number of hydrogen-bond donors (Lipinski definition) is 0. The first-order valence-corrected chi connectivity index (χ1v) is 9.76. The molecule has 0 saturated heterocycles. The maximum absolute atomic E-state index is 13.3. The van der Waals surface area contributed by atoms with Gasteiger partial charge in [-0.15, -0.1) is 0 Å². The number of hydrogen-bond acceptors (Lipinski definition) is 3. The van der Waals surface area contributed by atoms with E-state index in [1.54, 1.807) is 22.6 Å². The third kappa shape index (κ3) is 3.29. The third-order valence-electron chi connectivity index (χ3n) is 5.46. The quantitative estimate of drug-likeness (QED) is 0.526. The zero-order valence-corrected chi connectivity index (χ0v) is 16.8. The van der Waals surface area contributed by atoms with Gasteiger partial charge < -0.3 is 4.90 Å². The second-order valence-electron chi connectivity index (χ2n) is 7.18. The minimum Gasteiger partial charge on any atom is -0.329 e. The maximum Gasteiger partial charge on any atom is 0.261 e. The average Bonchev–Trinajstić information content (AvgIpc) is 2.76. The lowest BCUT2D eigenvalue weighted by molar-refractivity contribution is 0.0692. The van der Waals surface area contributed by atoms with Crippen molar-refractivity contribution in [2.75, 3.05) is 6.54 Å². The Kier molecular flexibility index (Phi) is 4.89. The first kappa shape index (κ1) is 18.9. The zero-order valence-electron chi connectivity index (χ0n) is 16.8. The highest BCUT2D eigenvalue weighted by Gasteiger charge is 2.25. The summed E-state index contributed by atoms with van der Waals surface area (Å²) < 4.78 is 1.54. The van der Waals surface area contributed by atoms with E-state index in [-0.39, 0.29) is 17.5 Å². The maximum atomic E-state index is 13.3. The summed E-state index contributed by atoms with van der Waals surface area (Å²) in [6, 6.07) is 20.7. The second-order valence-corrected chi connectivity index (χ2v) is 7.18. The van der Waals surface area contributed by atoms with Gasteiger partial charge in [0.15, 0.2) is 0 Å². The average molecular weight is 385 g/mol. The van der Waals surface area contributed by atoms with Gasteiger partial charge in [-0.25, -0.2) is 4.98 Å². The summed E-state index contributed by atoms with van der Waals surface area (Å²) in [6.07, 6.45) is 0. The molecule has 0 radical (unpaired) electrons. The molecule has 0 spiro atoms. The topological polar surface area (TPSA) is 55.2 Å². The van der Waals surface area contributed by atoms with Crippen LogP contribution in [0, 0.1) is 0 Å². The van der Waals surface area contributed by atoms with Crippen molar-refractivity contribution in [3.05, 3.63) is 88.5 Å². The van der Waals surface area contributed by atoms with Gasteiger partial charge in [-0.05, 0) is 48.9 Å². The number of nitrogens with zero attached hydrogens (tertiary/aromatic N) is 3. The predicted molar refractivity (Wildman–Crippen MR) is 116 cm³/mol. The summed E-state index contributed by atoms with van der Waals surface area (Å²) in [7, 11) is 1.71. The Labute approximate surface area is 169 Å². The Balaban J connectivity index is 1.75. The lowest BCUT2D eigenvalue weighted by Gasteiger charge is -2.29. The molecular formula is C24H23N3O2. The molecule has 1 atom stereocenters.